The fourth-order valence-electron chi connectivity index (χ4n) is 1.66. The number of halogens is 2. The second-order valence-corrected chi connectivity index (χ2v) is 6.97. The normalized spacial score (nSPS) is 12.0. The van der Waals surface area contributed by atoms with Crippen LogP contribution in [0.5, 0.6) is 0 Å². The Morgan fingerprint density at radius 2 is 1.86 bits per heavy atom. The van der Waals surface area contributed by atoms with Crippen LogP contribution < -0.4 is 0 Å². The molecule has 106 valence electrons. The molecule has 2 rings (SSSR count). The molecule has 0 aliphatic rings. The second kappa shape index (κ2) is 6.20. The summed E-state index contributed by atoms with van der Waals surface area (Å²) in [6.07, 6.45) is 1.15. The first-order chi connectivity index (χ1) is 9.93. The SMILES string of the molecule is N#C/C(=C/c1cccc(F)c1)S(=O)(=O)c1ccc(Br)cc1. The van der Waals surface area contributed by atoms with Crippen molar-refractivity contribution in [1.82, 2.24) is 0 Å². The average molecular weight is 366 g/mol. The van der Waals surface area contributed by atoms with Crippen molar-refractivity contribution in [3.05, 3.63) is 69.3 Å². The Morgan fingerprint density at radius 1 is 1.19 bits per heavy atom. The van der Waals surface area contributed by atoms with Crippen LogP contribution in [0.3, 0.4) is 0 Å². The Morgan fingerprint density at radius 3 is 2.43 bits per heavy atom. The fourth-order valence-corrected chi connectivity index (χ4v) is 3.08. The number of sulfone groups is 1. The lowest BCUT2D eigenvalue weighted by atomic mass is 10.2. The molecule has 0 aliphatic carbocycles. The van der Waals surface area contributed by atoms with Crippen molar-refractivity contribution >= 4 is 31.8 Å². The summed E-state index contributed by atoms with van der Waals surface area (Å²) in [7, 11) is -3.92. The van der Waals surface area contributed by atoms with Crippen molar-refractivity contribution in [3.8, 4) is 6.07 Å². The van der Waals surface area contributed by atoms with E-state index in [2.05, 4.69) is 15.9 Å². The molecule has 0 saturated carbocycles. The number of rotatable bonds is 3. The highest BCUT2D eigenvalue weighted by molar-refractivity contribution is 9.10. The Kier molecular flexibility index (Phi) is 4.56. The third-order valence-electron chi connectivity index (χ3n) is 2.67. The smallest absolute Gasteiger partial charge is 0.216 e. The molecule has 0 unspecified atom stereocenters. The van der Waals surface area contributed by atoms with Crippen molar-refractivity contribution in [2.75, 3.05) is 0 Å². The van der Waals surface area contributed by atoms with Crippen LogP contribution in [0.2, 0.25) is 0 Å². The maximum atomic E-state index is 13.1. The lowest BCUT2D eigenvalue weighted by molar-refractivity contribution is 0.603. The van der Waals surface area contributed by atoms with Gasteiger partial charge in [-0.1, -0.05) is 28.1 Å². The maximum Gasteiger partial charge on any atom is 0.216 e. The maximum absolute atomic E-state index is 13.1. The van der Waals surface area contributed by atoms with E-state index in [1.165, 1.54) is 30.3 Å². The van der Waals surface area contributed by atoms with E-state index in [0.29, 0.717) is 5.56 Å². The molecule has 0 aliphatic heterocycles. The summed E-state index contributed by atoms with van der Waals surface area (Å²) < 4.78 is 38.6. The second-order valence-electron chi connectivity index (χ2n) is 4.13. The summed E-state index contributed by atoms with van der Waals surface area (Å²) in [6.45, 7) is 0. The highest BCUT2D eigenvalue weighted by Crippen LogP contribution is 2.23. The van der Waals surface area contributed by atoms with E-state index < -0.39 is 20.6 Å². The quantitative estimate of drug-likeness (QED) is 0.774. The first-order valence-electron chi connectivity index (χ1n) is 5.81. The summed E-state index contributed by atoms with van der Waals surface area (Å²) in [5, 5.41) is 9.11. The molecule has 0 heterocycles. The molecule has 2 aromatic rings. The van der Waals surface area contributed by atoms with Gasteiger partial charge in [0, 0.05) is 4.47 Å². The highest BCUT2D eigenvalue weighted by atomic mass is 79.9. The molecular formula is C15H9BrFNO2S. The van der Waals surface area contributed by atoms with E-state index >= 15 is 0 Å². The van der Waals surface area contributed by atoms with Gasteiger partial charge in [0.15, 0.2) is 0 Å². The molecule has 0 radical (unpaired) electrons. The van der Waals surface area contributed by atoms with Gasteiger partial charge in [-0.25, -0.2) is 12.8 Å². The summed E-state index contributed by atoms with van der Waals surface area (Å²) in [6, 6.07) is 13.0. The van der Waals surface area contributed by atoms with Crippen LogP contribution in [0.25, 0.3) is 6.08 Å². The average Bonchev–Trinajstić information content (AvgIpc) is 2.45. The van der Waals surface area contributed by atoms with Crippen LogP contribution in [0.1, 0.15) is 5.56 Å². The van der Waals surface area contributed by atoms with Gasteiger partial charge in [-0.15, -0.1) is 0 Å². The van der Waals surface area contributed by atoms with Crippen LogP contribution >= 0.6 is 15.9 Å². The third-order valence-corrected chi connectivity index (χ3v) is 4.88. The van der Waals surface area contributed by atoms with E-state index in [4.69, 9.17) is 5.26 Å². The van der Waals surface area contributed by atoms with Crippen molar-refractivity contribution in [2.45, 2.75) is 4.90 Å². The minimum Gasteiger partial charge on any atom is -0.218 e. The Bertz CT molecular complexity index is 837. The monoisotopic (exact) mass is 365 g/mol. The molecule has 0 N–H and O–H groups in total. The molecule has 0 bridgehead atoms. The zero-order valence-corrected chi connectivity index (χ0v) is 13.0. The van der Waals surface area contributed by atoms with E-state index in [1.807, 2.05) is 0 Å². The Balaban J connectivity index is 2.50. The lowest BCUT2D eigenvalue weighted by Gasteiger charge is -2.03. The van der Waals surface area contributed by atoms with Crippen molar-refractivity contribution in [1.29, 1.82) is 5.26 Å². The van der Waals surface area contributed by atoms with Crippen molar-refractivity contribution in [3.63, 3.8) is 0 Å². The summed E-state index contributed by atoms with van der Waals surface area (Å²) >= 11 is 3.21. The highest BCUT2D eigenvalue weighted by Gasteiger charge is 2.20. The third kappa shape index (κ3) is 3.57. The molecule has 0 amide bonds. The molecule has 0 atom stereocenters. The summed E-state index contributed by atoms with van der Waals surface area (Å²) in [5.74, 6) is -0.498. The molecule has 2 aromatic carbocycles. The first kappa shape index (κ1) is 15.4. The molecule has 3 nitrogen and oxygen atoms in total. The van der Waals surface area contributed by atoms with Gasteiger partial charge in [-0.3, -0.25) is 0 Å². The molecule has 6 heteroatoms. The number of hydrogen-bond acceptors (Lipinski definition) is 3. The molecule has 21 heavy (non-hydrogen) atoms. The minimum atomic E-state index is -3.92. The predicted octanol–water partition coefficient (Wildman–Crippen LogP) is 3.93. The molecule has 0 spiro atoms. The minimum absolute atomic E-state index is 0.00917. The van der Waals surface area contributed by atoms with Gasteiger partial charge in [0.2, 0.25) is 9.84 Å². The van der Waals surface area contributed by atoms with Gasteiger partial charge in [0.25, 0.3) is 0 Å². The van der Waals surface area contributed by atoms with Gasteiger partial charge < -0.3 is 0 Å². The summed E-state index contributed by atoms with van der Waals surface area (Å²) in [5.41, 5.74) is 0.312. The lowest BCUT2D eigenvalue weighted by Crippen LogP contribution is -2.03. The van der Waals surface area contributed by atoms with E-state index in [9.17, 15) is 12.8 Å². The molecule has 0 aromatic heterocycles. The van der Waals surface area contributed by atoms with Crippen molar-refractivity contribution < 1.29 is 12.8 Å². The van der Waals surface area contributed by atoms with E-state index in [0.717, 1.165) is 16.6 Å². The first-order valence-corrected chi connectivity index (χ1v) is 8.09. The number of hydrogen-bond donors (Lipinski definition) is 0. The zero-order chi connectivity index (χ0) is 15.5. The summed E-state index contributed by atoms with van der Waals surface area (Å²) in [4.78, 5) is -0.426. The molecular weight excluding hydrogens is 357 g/mol. The topological polar surface area (TPSA) is 57.9 Å². The van der Waals surface area contributed by atoms with Crippen LogP contribution in [0, 0.1) is 17.1 Å². The number of allylic oxidation sites excluding steroid dienone is 1. The Hall–Kier alpha value is -1.97. The van der Waals surface area contributed by atoms with Gasteiger partial charge >= 0.3 is 0 Å². The number of benzene rings is 2. The van der Waals surface area contributed by atoms with Gasteiger partial charge in [-0.2, -0.15) is 5.26 Å². The van der Waals surface area contributed by atoms with Crippen LogP contribution in [0.4, 0.5) is 4.39 Å². The van der Waals surface area contributed by atoms with Crippen LogP contribution in [-0.4, -0.2) is 8.42 Å². The zero-order valence-electron chi connectivity index (χ0n) is 10.6. The predicted molar refractivity (Wildman–Crippen MR) is 81.3 cm³/mol. The molecule has 0 saturated heterocycles. The van der Waals surface area contributed by atoms with Crippen LogP contribution in [-0.2, 0) is 9.84 Å². The van der Waals surface area contributed by atoms with Crippen molar-refractivity contribution in [2.24, 2.45) is 0 Å². The van der Waals surface area contributed by atoms with Gasteiger partial charge in [0.1, 0.15) is 16.8 Å². The van der Waals surface area contributed by atoms with Gasteiger partial charge in [-0.05, 0) is 48.0 Å². The van der Waals surface area contributed by atoms with Gasteiger partial charge in [0.05, 0.1) is 4.90 Å². The standard InChI is InChI=1S/C15H9BrFNO2S/c16-12-4-6-14(7-5-12)21(19,20)15(10-18)9-11-2-1-3-13(17)8-11/h1-9H/b15-9-. The number of nitriles is 1. The largest absolute Gasteiger partial charge is 0.218 e. The van der Waals surface area contributed by atoms with E-state index in [-0.39, 0.29) is 4.90 Å². The Labute approximate surface area is 130 Å². The molecule has 0 fully saturated rings. The number of nitrogens with zero attached hydrogens (tertiary/aromatic N) is 1. The van der Waals surface area contributed by atoms with E-state index in [1.54, 1.807) is 18.2 Å². The van der Waals surface area contributed by atoms with Crippen LogP contribution in [0.15, 0.2) is 62.8 Å². The fraction of sp³-hybridized carbons (Fsp3) is 0.